The van der Waals surface area contributed by atoms with Crippen molar-refractivity contribution >= 4 is 5.91 Å². The summed E-state index contributed by atoms with van der Waals surface area (Å²) in [7, 11) is 0. The first kappa shape index (κ1) is 8.59. The highest BCUT2D eigenvalue weighted by molar-refractivity contribution is 5.79. The second-order valence-electron chi connectivity index (χ2n) is 2.65. The zero-order chi connectivity index (χ0) is 8.97. The van der Waals surface area contributed by atoms with Crippen molar-refractivity contribution < 1.29 is 4.79 Å². The fourth-order valence-corrected chi connectivity index (χ4v) is 0.913. The molecule has 1 aromatic carbocycles. The molecule has 0 fully saturated rings. The first-order valence-electron chi connectivity index (χ1n) is 3.64. The number of nitroso groups, excluding NO2 is 1. The third-order valence-corrected chi connectivity index (χ3v) is 1.58. The van der Waals surface area contributed by atoms with Crippen LogP contribution in [0.2, 0.25) is 0 Å². The Bertz CT molecular complexity index is 290. The van der Waals surface area contributed by atoms with Gasteiger partial charge in [-0.05, 0) is 12.5 Å². The van der Waals surface area contributed by atoms with Gasteiger partial charge in [-0.15, -0.1) is 4.91 Å². The molecule has 0 atom stereocenters. The van der Waals surface area contributed by atoms with Crippen LogP contribution in [0.3, 0.4) is 0 Å². The Labute approximate surface area is 70.4 Å². The highest BCUT2D eigenvalue weighted by Crippen LogP contribution is 2.04. The molecule has 0 aliphatic carbocycles. The van der Waals surface area contributed by atoms with Gasteiger partial charge in [-0.3, -0.25) is 4.79 Å². The van der Waals surface area contributed by atoms with E-state index < -0.39 is 5.91 Å². The first-order chi connectivity index (χ1) is 5.72. The van der Waals surface area contributed by atoms with Crippen molar-refractivity contribution in [1.29, 1.82) is 0 Å². The minimum Gasteiger partial charge on any atom is -0.269 e. The van der Waals surface area contributed by atoms with Gasteiger partial charge in [-0.2, -0.15) is 0 Å². The number of aryl methyl sites for hydroxylation is 1. The third kappa shape index (κ3) is 2.27. The molecule has 0 heterocycles. The lowest BCUT2D eigenvalue weighted by Crippen LogP contribution is -1.96. The van der Waals surface area contributed by atoms with E-state index in [1.54, 1.807) is 0 Å². The van der Waals surface area contributed by atoms with E-state index in [0.29, 0.717) is 0 Å². The summed E-state index contributed by atoms with van der Waals surface area (Å²) in [6, 6.07) is 7.43. The summed E-state index contributed by atoms with van der Waals surface area (Å²) < 4.78 is 0. The second kappa shape index (κ2) is 3.76. The summed E-state index contributed by atoms with van der Waals surface area (Å²) in [6.45, 7) is 1.96. The van der Waals surface area contributed by atoms with E-state index in [-0.39, 0.29) is 6.42 Å². The van der Waals surface area contributed by atoms with Crippen molar-refractivity contribution in [1.82, 2.24) is 0 Å². The Morgan fingerprint density at radius 1 is 1.33 bits per heavy atom. The van der Waals surface area contributed by atoms with E-state index in [9.17, 15) is 9.70 Å². The molecule has 1 aromatic rings. The van der Waals surface area contributed by atoms with Gasteiger partial charge in [0.05, 0.1) is 6.42 Å². The smallest absolute Gasteiger partial charge is 0.269 e. The van der Waals surface area contributed by atoms with Gasteiger partial charge in [0.25, 0.3) is 5.91 Å². The second-order valence-corrected chi connectivity index (χ2v) is 2.65. The summed E-state index contributed by atoms with van der Waals surface area (Å²) in [6.07, 6.45) is 0.101. The van der Waals surface area contributed by atoms with E-state index in [1.807, 2.05) is 31.2 Å². The standard InChI is InChI=1S/C9H9NO2/c1-7-2-4-8(5-3-7)6-9(11)10-12/h2-5H,6H2,1H3. The van der Waals surface area contributed by atoms with Crippen LogP contribution in [0.5, 0.6) is 0 Å². The lowest BCUT2D eigenvalue weighted by molar-refractivity contribution is -0.117. The first-order valence-corrected chi connectivity index (χ1v) is 3.64. The van der Waals surface area contributed by atoms with Crippen LogP contribution in [0, 0.1) is 11.8 Å². The SMILES string of the molecule is Cc1ccc(CC(=O)N=O)cc1. The van der Waals surface area contributed by atoms with Crippen LogP contribution in [-0.2, 0) is 11.2 Å². The summed E-state index contributed by atoms with van der Waals surface area (Å²) in [5.41, 5.74) is 1.95. The minimum absolute atomic E-state index is 0.101. The van der Waals surface area contributed by atoms with Gasteiger partial charge in [0.1, 0.15) is 0 Å². The third-order valence-electron chi connectivity index (χ3n) is 1.58. The van der Waals surface area contributed by atoms with Crippen LogP contribution in [-0.4, -0.2) is 5.91 Å². The Hall–Kier alpha value is -1.51. The topological polar surface area (TPSA) is 46.5 Å². The molecular formula is C9H9NO2. The van der Waals surface area contributed by atoms with E-state index in [2.05, 4.69) is 5.18 Å². The lowest BCUT2D eigenvalue weighted by Gasteiger charge is -1.95. The van der Waals surface area contributed by atoms with E-state index in [1.165, 1.54) is 0 Å². The molecule has 0 aliphatic heterocycles. The number of nitrogens with zero attached hydrogens (tertiary/aromatic N) is 1. The van der Waals surface area contributed by atoms with Crippen LogP contribution >= 0.6 is 0 Å². The molecule has 3 heteroatoms. The molecule has 0 radical (unpaired) electrons. The Kier molecular flexibility index (Phi) is 2.69. The van der Waals surface area contributed by atoms with Crippen molar-refractivity contribution in [3.05, 3.63) is 40.3 Å². The molecule has 0 spiro atoms. The van der Waals surface area contributed by atoms with Crippen LogP contribution in [0.25, 0.3) is 0 Å². The number of rotatable bonds is 2. The average molecular weight is 163 g/mol. The Morgan fingerprint density at radius 2 is 1.92 bits per heavy atom. The number of hydrogen-bond donors (Lipinski definition) is 0. The van der Waals surface area contributed by atoms with Gasteiger partial charge in [0, 0.05) is 5.18 Å². The molecule has 0 unspecified atom stereocenters. The van der Waals surface area contributed by atoms with Crippen LogP contribution in [0.4, 0.5) is 0 Å². The molecule has 0 aromatic heterocycles. The molecule has 0 N–H and O–H groups in total. The largest absolute Gasteiger partial charge is 0.290 e. The lowest BCUT2D eigenvalue weighted by atomic mass is 10.1. The molecule has 0 saturated heterocycles. The normalized spacial score (nSPS) is 9.42. The Balaban J connectivity index is 2.71. The molecular weight excluding hydrogens is 154 g/mol. The average Bonchev–Trinajstić information content (AvgIpc) is 2.09. The molecule has 0 aliphatic rings. The zero-order valence-corrected chi connectivity index (χ0v) is 6.78. The van der Waals surface area contributed by atoms with Crippen molar-refractivity contribution in [2.45, 2.75) is 13.3 Å². The van der Waals surface area contributed by atoms with E-state index in [0.717, 1.165) is 11.1 Å². The summed E-state index contributed by atoms with van der Waals surface area (Å²) in [5.74, 6) is -0.626. The minimum atomic E-state index is -0.626. The molecule has 0 saturated carbocycles. The number of benzene rings is 1. The monoisotopic (exact) mass is 163 g/mol. The van der Waals surface area contributed by atoms with Crippen molar-refractivity contribution in [2.24, 2.45) is 5.18 Å². The van der Waals surface area contributed by atoms with Gasteiger partial charge >= 0.3 is 0 Å². The quantitative estimate of drug-likeness (QED) is 0.624. The molecule has 3 nitrogen and oxygen atoms in total. The van der Waals surface area contributed by atoms with Crippen molar-refractivity contribution in [2.75, 3.05) is 0 Å². The van der Waals surface area contributed by atoms with Crippen LogP contribution in [0.1, 0.15) is 11.1 Å². The summed E-state index contributed by atoms with van der Waals surface area (Å²) in [4.78, 5) is 20.4. The predicted octanol–water partition coefficient (Wildman–Crippen LogP) is 1.83. The summed E-state index contributed by atoms with van der Waals surface area (Å²) >= 11 is 0. The molecule has 62 valence electrons. The predicted molar refractivity (Wildman–Crippen MR) is 45.7 cm³/mol. The van der Waals surface area contributed by atoms with Crippen LogP contribution < -0.4 is 0 Å². The molecule has 1 amide bonds. The zero-order valence-electron chi connectivity index (χ0n) is 6.78. The number of carbonyl (C=O) groups excluding carboxylic acids is 1. The molecule has 1 rings (SSSR count). The van der Waals surface area contributed by atoms with Gasteiger partial charge < -0.3 is 0 Å². The Morgan fingerprint density at radius 3 is 2.42 bits per heavy atom. The van der Waals surface area contributed by atoms with E-state index >= 15 is 0 Å². The van der Waals surface area contributed by atoms with Crippen molar-refractivity contribution in [3.8, 4) is 0 Å². The van der Waals surface area contributed by atoms with E-state index in [4.69, 9.17) is 0 Å². The number of carbonyl (C=O) groups is 1. The van der Waals surface area contributed by atoms with Gasteiger partial charge in [-0.25, -0.2) is 0 Å². The fourth-order valence-electron chi connectivity index (χ4n) is 0.913. The van der Waals surface area contributed by atoms with Gasteiger partial charge in [-0.1, -0.05) is 29.8 Å². The maximum atomic E-state index is 10.6. The highest BCUT2D eigenvalue weighted by Gasteiger charge is 2.01. The maximum absolute atomic E-state index is 10.6. The fraction of sp³-hybridized carbons (Fsp3) is 0.222. The number of hydrogen-bond acceptors (Lipinski definition) is 2. The van der Waals surface area contributed by atoms with Gasteiger partial charge in [0.2, 0.25) is 0 Å². The van der Waals surface area contributed by atoms with Gasteiger partial charge in [0.15, 0.2) is 0 Å². The molecule has 0 bridgehead atoms. The number of amides is 1. The molecule has 12 heavy (non-hydrogen) atoms. The van der Waals surface area contributed by atoms with Crippen molar-refractivity contribution in [3.63, 3.8) is 0 Å². The highest BCUT2D eigenvalue weighted by atomic mass is 16.3. The summed E-state index contributed by atoms with van der Waals surface area (Å²) in [5, 5.41) is 2.32. The van der Waals surface area contributed by atoms with Crippen LogP contribution in [0.15, 0.2) is 29.4 Å². The maximum Gasteiger partial charge on any atom is 0.290 e.